The lowest BCUT2D eigenvalue weighted by molar-refractivity contribution is -0.147. The van der Waals surface area contributed by atoms with Crippen LogP contribution >= 0.6 is 12.4 Å². The van der Waals surface area contributed by atoms with E-state index in [9.17, 15) is 9.59 Å². The van der Waals surface area contributed by atoms with Crippen molar-refractivity contribution in [2.75, 3.05) is 13.2 Å². The molecule has 0 unspecified atom stereocenters. The summed E-state index contributed by atoms with van der Waals surface area (Å²) >= 11 is 0. The van der Waals surface area contributed by atoms with Gasteiger partial charge in [0.2, 0.25) is 0 Å². The van der Waals surface area contributed by atoms with Crippen LogP contribution in [0.2, 0.25) is 0 Å². The second-order valence-corrected chi connectivity index (χ2v) is 3.43. The standard InChI is InChI=1S/C9H16N2O4.ClH/c1-2-3-7(10)8(12)14-5-6-4-11-9(13)15-6;/h6-7H,2-5,10H2,1H3,(H,11,13);1H/t6-,7+;/m1./s1. The molecule has 1 fully saturated rings. The third kappa shape index (κ3) is 4.67. The minimum absolute atomic E-state index is 0. The summed E-state index contributed by atoms with van der Waals surface area (Å²) in [7, 11) is 0. The Balaban J connectivity index is 0.00000225. The summed E-state index contributed by atoms with van der Waals surface area (Å²) in [6.07, 6.45) is 0.557. The molecule has 6 nitrogen and oxygen atoms in total. The summed E-state index contributed by atoms with van der Waals surface area (Å²) in [4.78, 5) is 21.9. The van der Waals surface area contributed by atoms with Crippen molar-refractivity contribution in [1.82, 2.24) is 5.32 Å². The highest BCUT2D eigenvalue weighted by Crippen LogP contribution is 2.02. The van der Waals surface area contributed by atoms with Gasteiger partial charge >= 0.3 is 12.1 Å². The molecule has 0 aromatic heterocycles. The lowest BCUT2D eigenvalue weighted by Crippen LogP contribution is -2.34. The van der Waals surface area contributed by atoms with E-state index in [0.717, 1.165) is 6.42 Å². The fourth-order valence-corrected chi connectivity index (χ4v) is 1.24. The number of nitrogens with two attached hydrogens (primary N) is 1. The number of cyclic esters (lactones) is 1. The third-order valence-corrected chi connectivity index (χ3v) is 2.06. The molecule has 2 atom stereocenters. The molecule has 16 heavy (non-hydrogen) atoms. The van der Waals surface area contributed by atoms with Gasteiger partial charge < -0.3 is 20.5 Å². The van der Waals surface area contributed by atoms with Crippen molar-refractivity contribution in [2.45, 2.75) is 31.9 Å². The van der Waals surface area contributed by atoms with Crippen LogP contribution in [0.1, 0.15) is 19.8 Å². The zero-order valence-electron chi connectivity index (χ0n) is 9.10. The lowest BCUT2D eigenvalue weighted by Gasteiger charge is -2.12. The third-order valence-electron chi connectivity index (χ3n) is 2.06. The van der Waals surface area contributed by atoms with Crippen molar-refractivity contribution in [3.05, 3.63) is 0 Å². The molecule has 0 aliphatic carbocycles. The summed E-state index contributed by atoms with van der Waals surface area (Å²) in [6.45, 7) is 2.37. The highest BCUT2D eigenvalue weighted by atomic mass is 35.5. The molecule has 1 aliphatic heterocycles. The molecule has 0 bridgehead atoms. The molecule has 1 aliphatic rings. The van der Waals surface area contributed by atoms with Gasteiger partial charge in [-0.25, -0.2) is 4.79 Å². The van der Waals surface area contributed by atoms with Crippen molar-refractivity contribution >= 4 is 24.5 Å². The van der Waals surface area contributed by atoms with Crippen LogP contribution in [-0.2, 0) is 14.3 Å². The Morgan fingerprint density at radius 1 is 1.75 bits per heavy atom. The molecule has 0 radical (unpaired) electrons. The van der Waals surface area contributed by atoms with Crippen LogP contribution in [-0.4, -0.2) is 37.4 Å². The van der Waals surface area contributed by atoms with E-state index in [0.29, 0.717) is 13.0 Å². The maximum Gasteiger partial charge on any atom is 0.407 e. The quantitative estimate of drug-likeness (QED) is 0.682. The monoisotopic (exact) mass is 252 g/mol. The van der Waals surface area contributed by atoms with E-state index in [-0.39, 0.29) is 19.0 Å². The zero-order chi connectivity index (χ0) is 11.3. The van der Waals surface area contributed by atoms with E-state index in [2.05, 4.69) is 5.32 Å². The van der Waals surface area contributed by atoms with Crippen molar-refractivity contribution in [3.8, 4) is 0 Å². The number of carbonyl (C=O) groups is 2. The Labute approximate surface area is 100 Å². The molecule has 1 amide bonds. The highest BCUT2D eigenvalue weighted by Gasteiger charge is 2.24. The number of amides is 1. The predicted octanol–water partition coefficient (Wildman–Crippen LogP) is 0.187. The first kappa shape index (κ1) is 15.0. The molecule has 1 saturated heterocycles. The molecule has 3 N–H and O–H groups in total. The number of ether oxygens (including phenoxy) is 2. The number of nitrogens with one attached hydrogen (secondary N) is 1. The van der Waals surface area contributed by atoms with E-state index >= 15 is 0 Å². The number of halogens is 1. The van der Waals surface area contributed by atoms with Gasteiger partial charge in [-0.3, -0.25) is 4.79 Å². The largest absolute Gasteiger partial charge is 0.461 e. The fourth-order valence-electron chi connectivity index (χ4n) is 1.24. The molecule has 0 saturated carbocycles. The van der Waals surface area contributed by atoms with Crippen molar-refractivity contribution in [1.29, 1.82) is 0 Å². The maximum atomic E-state index is 11.3. The summed E-state index contributed by atoms with van der Waals surface area (Å²) in [5.74, 6) is -0.445. The van der Waals surface area contributed by atoms with Gasteiger partial charge in [-0.15, -0.1) is 12.4 Å². The molecule has 1 heterocycles. The number of alkyl carbamates (subject to hydrolysis) is 1. The van der Waals surface area contributed by atoms with Gasteiger partial charge in [-0.1, -0.05) is 13.3 Å². The number of rotatable bonds is 5. The first-order valence-corrected chi connectivity index (χ1v) is 5.00. The Hall–Kier alpha value is -1.01. The topological polar surface area (TPSA) is 90.7 Å². The molecule has 1 rings (SSSR count). The molecule has 0 aromatic rings. The molecule has 94 valence electrons. The summed E-state index contributed by atoms with van der Waals surface area (Å²) in [5.41, 5.74) is 5.54. The fraction of sp³-hybridized carbons (Fsp3) is 0.778. The second kappa shape index (κ2) is 7.29. The SMILES string of the molecule is CCC[C@H](N)C(=O)OC[C@H]1CNC(=O)O1.Cl. The normalized spacial score (nSPS) is 20.4. The highest BCUT2D eigenvalue weighted by molar-refractivity contribution is 5.85. The first-order chi connectivity index (χ1) is 7.13. The number of carbonyl (C=O) groups excluding carboxylic acids is 2. The Morgan fingerprint density at radius 2 is 2.44 bits per heavy atom. The van der Waals surface area contributed by atoms with E-state index in [1.807, 2.05) is 6.92 Å². The minimum Gasteiger partial charge on any atom is -0.461 e. The summed E-state index contributed by atoms with van der Waals surface area (Å²) in [5, 5.41) is 2.46. The van der Waals surface area contributed by atoms with Crippen LogP contribution in [0.25, 0.3) is 0 Å². The van der Waals surface area contributed by atoms with Crippen LogP contribution < -0.4 is 11.1 Å². The van der Waals surface area contributed by atoms with Gasteiger partial charge in [-0.05, 0) is 6.42 Å². The first-order valence-electron chi connectivity index (χ1n) is 5.00. The van der Waals surface area contributed by atoms with E-state index in [1.165, 1.54) is 0 Å². The second-order valence-electron chi connectivity index (χ2n) is 3.43. The van der Waals surface area contributed by atoms with Gasteiger partial charge in [0.1, 0.15) is 12.6 Å². The van der Waals surface area contributed by atoms with Gasteiger partial charge in [0.05, 0.1) is 6.54 Å². The van der Waals surface area contributed by atoms with E-state index < -0.39 is 24.2 Å². The van der Waals surface area contributed by atoms with E-state index in [4.69, 9.17) is 15.2 Å². The summed E-state index contributed by atoms with van der Waals surface area (Å²) in [6, 6.07) is -0.583. The van der Waals surface area contributed by atoms with Crippen LogP contribution in [0.5, 0.6) is 0 Å². The molecular weight excluding hydrogens is 236 g/mol. The van der Waals surface area contributed by atoms with Gasteiger partial charge in [-0.2, -0.15) is 0 Å². The Kier molecular flexibility index (Phi) is 6.83. The van der Waals surface area contributed by atoms with E-state index in [1.54, 1.807) is 0 Å². The smallest absolute Gasteiger partial charge is 0.407 e. The molecular formula is C9H17ClN2O4. The lowest BCUT2D eigenvalue weighted by atomic mass is 10.2. The van der Waals surface area contributed by atoms with Crippen molar-refractivity contribution in [2.24, 2.45) is 5.73 Å². The maximum absolute atomic E-state index is 11.3. The Morgan fingerprint density at radius 3 is 2.94 bits per heavy atom. The number of hydrogen-bond donors (Lipinski definition) is 2. The van der Waals surface area contributed by atoms with Crippen LogP contribution in [0, 0.1) is 0 Å². The zero-order valence-corrected chi connectivity index (χ0v) is 9.92. The molecule has 0 spiro atoms. The average molecular weight is 253 g/mol. The van der Waals surface area contributed by atoms with Crippen LogP contribution in [0.3, 0.4) is 0 Å². The minimum atomic E-state index is -0.583. The van der Waals surface area contributed by atoms with Crippen LogP contribution in [0.15, 0.2) is 0 Å². The van der Waals surface area contributed by atoms with Gasteiger partial charge in [0.15, 0.2) is 6.10 Å². The van der Waals surface area contributed by atoms with Crippen molar-refractivity contribution in [3.63, 3.8) is 0 Å². The number of esters is 1. The average Bonchev–Trinajstić information content (AvgIpc) is 2.61. The van der Waals surface area contributed by atoms with Gasteiger partial charge in [0, 0.05) is 0 Å². The summed E-state index contributed by atoms with van der Waals surface area (Å²) < 4.78 is 9.69. The molecule has 0 aromatic carbocycles. The number of hydrogen-bond acceptors (Lipinski definition) is 5. The van der Waals surface area contributed by atoms with Gasteiger partial charge in [0.25, 0.3) is 0 Å². The van der Waals surface area contributed by atoms with Crippen LogP contribution in [0.4, 0.5) is 4.79 Å². The molecule has 7 heteroatoms. The Bertz CT molecular complexity index is 250. The predicted molar refractivity (Wildman–Crippen MR) is 59.4 cm³/mol. The van der Waals surface area contributed by atoms with Crippen molar-refractivity contribution < 1.29 is 19.1 Å².